The lowest BCUT2D eigenvalue weighted by Gasteiger charge is -2.32. The largest absolute Gasteiger partial charge is 0.480 e. The lowest BCUT2D eigenvalue weighted by molar-refractivity contribution is -0.150. The second-order valence-electron chi connectivity index (χ2n) is 11.6. The van der Waals surface area contributed by atoms with Crippen LogP contribution in [-0.2, 0) is 49.3 Å². The number of carboxylic acids is 1. The number of hydrogen-bond donors (Lipinski definition) is 3. The summed E-state index contributed by atoms with van der Waals surface area (Å²) in [5.41, 5.74) is 4.08. The average molecular weight is 651 g/mol. The standard InChI is InChI=1S/C35H43N2O8P/c38-33(39)25-37(31-23-29-18-7-8-19-30(29)24-31)34(40)32(45-46(42,43)22-12-10-15-27-13-3-1-4-14-27)20-9-11-21-36-35(41)44-26-28-16-5-2-6-17-28/h1-8,13-14,16-19,31-32H,9-12,15,20-26H2,(H,36,41)(H,38,39)(H,42,43). The molecule has 0 fully saturated rings. The maximum atomic E-state index is 13.9. The predicted molar refractivity (Wildman–Crippen MR) is 174 cm³/mol. The van der Waals surface area contributed by atoms with E-state index in [0.29, 0.717) is 38.5 Å². The Morgan fingerprint density at radius 3 is 2.09 bits per heavy atom. The normalized spacial score (nSPS) is 14.5. The molecule has 2 unspecified atom stereocenters. The van der Waals surface area contributed by atoms with E-state index in [1.165, 1.54) is 4.90 Å². The summed E-state index contributed by atoms with van der Waals surface area (Å²) in [6, 6.07) is 26.4. The summed E-state index contributed by atoms with van der Waals surface area (Å²) in [4.78, 5) is 50.0. The number of hydrogen-bond acceptors (Lipinski definition) is 6. The van der Waals surface area contributed by atoms with Crippen LogP contribution in [0.1, 0.15) is 54.4 Å². The topological polar surface area (TPSA) is 142 Å². The van der Waals surface area contributed by atoms with E-state index in [4.69, 9.17) is 9.26 Å². The lowest BCUT2D eigenvalue weighted by Crippen LogP contribution is -2.49. The van der Waals surface area contributed by atoms with E-state index in [9.17, 15) is 28.9 Å². The first kappa shape index (κ1) is 34.9. The Morgan fingerprint density at radius 2 is 1.46 bits per heavy atom. The van der Waals surface area contributed by atoms with Crippen LogP contribution in [0.3, 0.4) is 0 Å². The molecule has 0 aromatic heterocycles. The number of nitrogens with zero attached hydrogens (tertiary/aromatic N) is 1. The van der Waals surface area contributed by atoms with Crippen molar-refractivity contribution in [3.05, 3.63) is 107 Å². The second-order valence-corrected chi connectivity index (χ2v) is 13.5. The van der Waals surface area contributed by atoms with Crippen molar-refractivity contribution in [2.24, 2.45) is 0 Å². The van der Waals surface area contributed by atoms with E-state index in [1.807, 2.05) is 84.9 Å². The molecule has 0 bridgehead atoms. The Balaban J connectivity index is 1.35. The average Bonchev–Trinajstić information content (AvgIpc) is 3.49. The van der Waals surface area contributed by atoms with Gasteiger partial charge in [-0.3, -0.25) is 18.7 Å². The maximum Gasteiger partial charge on any atom is 0.407 e. The van der Waals surface area contributed by atoms with Gasteiger partial charge in [-0.05, 0) is 73.6 Å². The van der Waals surface area contributed by atoms with Crippen molar-refractivity contribution in [3.8, 4) is 0 Å². The van der Waals surface area contributed by atoms with Crippen LogP contribution in [0, 0.1) is 0 Å². The molecule has 0 radical (unpaired) electrons. The van der Waals surface area contributed by atoms with Gasteiger partial charge in [-0.25, -0.2) is 4.79 Å². The Labute approximate surface area is 270 Å². The lowest BCUT2D eigenvalue weighted by atomic mass is 10.1. The number of amides is 2. The number of carboxylic acid groups (broad SMARTS) is 1. The van der Waals surface area contributed by atoms with Gasteiger partial charge in [-0.1, -0.05) is 84.9 Å². The number of ether oxygens (including phenoxy) is 1. The fraction of sp³-hybridized carbons (Fsp3) is 0.400. The summed E-state index contributed by atoms with van der Waals surface area (Å²) in [6.07, 6.45) is 1.76. The summed E-state index contributed by atoms with van der Waals surface area (Å²) in [5.74, 6) is -1.79. The number of aliphatic carboxylic acids is 1. The van der Waals surface area contributed by atoms with Gasteiger partial charge in [-0.2, -0.15) is 0 Å². The molecule has 0 heterocycles. The van der Waals surface area contributed by atoms with Crippen molar-refractivity contribution in [1.82, 2.24) is 10.2 Å². The zero-order valence-electron chi connectivity index (χ0n) is 26.0. The molecule has 46 heavy (non-hydrogen) atoms. The van der Waals surface area contributed by atoms with Crippen molar-refractivity contribution in [1.29, 1.82) is 0 Å². The number of alkyl carbamates (subject to hydrolysis) is 1. The molecule has 11 heteroatoms. The SMILES string of the molecule is O=C(O)CN(C(=O)C(CCCCNC(=O)OCc1ccccc1)OP(=O)(O)CCCCc1ccccc1)C1Cc2ccccc2C1. The minimum absolute atomic E-state index is 0.0872. The monoisotopic (exact) mass is 650 g/mol. The first-order chi connectivity index (χ1) is 22.2. The third kappa shape index (κ3) is 11.4. The fourth-order valence-electron chi connectivity index (χ4n) is 5.65. The number of nitrogens with one attached hydrogen (secondary N) is 1. The number of aryl methyl sites for hydroxylation is 1. The summed E-state index contributed by atoms with van der Waals surface area (Å²) in [6.45, 7) is -0.140. The highest BCUT2D eigenvalue weighted by atomic mass is 31.2. The third-order valence-corrected chi connectivity index (χ3v) is 9.47. The molecule has 1 aliphatic rings. The molecular formula is C35H43N2O8P. The first-order valence-corrected chi connectivity index (χ1v) is 17.5. The zero-order valence-corrected chi connectivity index (χ0v) is 26.9. The van der Waals surface area contributed by atoms with Crippen LogP contribution >= 0.6 is 7.60 Å². The maximum absolute atomic E-state index is 13.9. The van der Waals surface area contributed by atoms with Crippen LogP contribution in [-0.4, -0.2) is 64.3 Å². The molecule has 0 saturated carbocycles. The van der Waals surface area contributed by atoms with E-state index in [-0.39, 0.29) is 25.7 Å². The van der Waals surface area contributed by atoms with Crippen LogP contribution in [0.2, 0.25) is 0 Å². The van der Waals surface area contributed by atoms with E-state index < -0.39 is 44.3 Å². The Morgan fingerprint density at radius 1 is 0.848 bits per heavy atom. The van der Waals surface area contributed by atoms with Gasteiger partial charge in [0, 0.05) is 12.6 Å². The van der Waals surface area contributed by atoms with Crippen molar-refractivity contribution in [2.75, 3.05) is 19.3 Å². The Bertz CT molecular complexity index is 1440. The molecule has 4 rings (SSSR count). The highest BCUT2D eigenvalue weighted by molar-refractivity contribution is 7.52. The number of carbonyl (C=O) groups excluding carboxylic acids is 2. The molecule has 0 saturated heterocycles. The second kappa shape index (κ2) is 17.6. The molecule has 3 N–H and O–H groups in total. The number of fused-ring (bicyclic) bond motifs is 1. The minimum Gasteiger partial charge on any atom is -0.480 e. The van der Waals surface area contributed by atoms with Crippen LogP contribution < -0.4 is 5.32 Å². The van der Waals surface area contributed by atoms with E-state index in [0.717, 1.165) is 28.7 Å². The quantitative estimate of drug-likeness (QED) is 0.117. The summed E-state index contributed by atoms with van der Waals surface area (Å²) in [5, 5.41) is 12.4. The third-order valence-electron chi connectivity index (χ3n) is 8.00. The number of benzene rings is 3. The van der Waals surface area contributed by atoms with Gasteiger partial charge in [0.25, 0.3) is 5.91 Å². The Kier molecular flexibility index (Phi) is 13.4. The van der Waals surface area contributed by atoms with Crippen LogP contribution in [0.15, 0.2) is 84.9 Å². The van der Waals surface area contributed by atoms with Gasteiger partial charge < -0.3 is 25.0 Å². The summed E-state index contributed by atoms with van der Waals surface area (Å²) in [7, 11) is -4.18. The van der Waals surface area contributed by atoms with Crippen molar-refractivity contribution >= 4 is 25.6 Å². The summed E-state index contributed by atoms with van der Waals surface area (Å²) >= 11 is 0. The highest BCUT2D eigenvalue weighted by Gasteiger charge is 2.37. The van der Waals surface area contributed by atoms with Crippen molar-refractivity contribution in [3.63, 3.8) is 0 Å². The van der Waals surface area contributed by atoms with Crippen LogP contribution in [0.5, 0.6) is 0 Å². The molecule has 246 valence electrons. The van der Waals surface area contributed by atoms with Gasteiger partial charge >= 0.3 is 19.7 Å². The molecule has 3 aromatic carbocycles. The van der Waals surface area contributed by atoms with Gasteiger partial charge in [0.2, 0.25) is 0 Å². The van der Waals surface area contributed by atoms with Gasteiger partial charge in [0.15, 0.2) is 0 Å². The molecule has 2 amide bonds. The molecule has 10 nitrogen and oxygen atoms in total. The molecule has 0 spiro atoms. The van der Waals surface area contributed by atoms with Crippen molar-refractivity contribution < 1.29 is 38.2 Å². The molecule has 0 aliphatic heterocycles. The zero-order chi connectivity index (χ0) is 32.8. The highest BCUT2D eigenvalue weighted by Crippen LogP contribution is 2.45. The van der Waals surface area contributed by atoms with Gasteiger partial charge in [0.1, 0.15) is 19.3 Å². The van der Waals surface area contributed by atoms with Crippen LogP contribution in [0.4, 0.5) is 4.79 Å². The first-order valence-electron chi connectivity index (χ1n) is 15.8. The van der Waals surface area contributed by atoms with E-state index >= 15 is 0 Å². The van der Waals surface area contributed by atoms with Crippen molar-refractivity contribution in [2.45, 2.75) is 70.1 Å². The molecule has 2 atom stereocenters. The smallest absolute Gasteiger partial charge is 0.407 e. The number of unbranched alkanes of at least 4 members (excludes halogenated alkanes) is 2. The molecular weight excluding hydrogens is 607 g/mol. The summed E-state index contributed by atoms with van der Waals surface area (Å²) < 4.78 is 24.1. The van der Waals surface area contributed by atoms with Gasteiger partial charge in [0.05, 0.1) is 6.16 Å². The number of rotatable bonds is 18. The Hall–Kier alpha value is -3.98. The predicted octanol–water partition coefficient (Wildman–Crippen LogP) is 5.76. The van der Waals surface area contributed by atoms with E-state index in [2.05, 4.69) is 5.32 Å². The van der Waals surface area contributed by atoms with Gasteiger partial charge in [-0.15, -0.1) is 0 Å². The molecule has 1 aliphatic carbocycles. The minimum atomic E-state index is -4.18. The van der Waals surface area contributed by atoms with Crippen LogP contribution in [0.25, 0.3) is 0 Å². The number of carbonyl (C=O) groups is 3. The van der Waals surface area contributed by atoms with E-state index in [1.54, 1.807) is 0 Å². The fourth-order valence-corrected chi connectivity index (χ4v) is 6.97. The molecule has 3 aromatic rings.